The van der Waals surface area contributed by atoms with Gasteiger partial charge in [0.2, 0.25) is 0 Å². The Morgan fingerprint density at radius 3 is 2.82 bits per heavy atom. The van der Waals surface area contributed by atoms with E-state index >= 15 is 4.39 Å². The molecule has 11 heteroatoms. The zero-order valence-corrected chi connectivity index (χ0v) is 21.5. The van der Waals surface area contributed by atoms with Gasteiger partial charge in [0.1, 0.15) is 12.4 Å². The van der Waals surface area contributed by atoms with Gasteiger partial charge in [-0.05, 0) is 48.9 Å². The first-order valence-corrected chi connectivity index (χ1v) is 13.1. The summed E-state index contributed by atoms with van der Waals surface area (Å²) in [5.41, 5.74) is 3.59. The van der Waals surface area contributed by atoms with E-state index in [4.69, 9.17) is 9.72 Å². The molecule has 200 valence electrons. The molecule has 3 aliphatic rings. The summed E-state index contributed by atoms with van der Waals surface area (Å²) in [6.45, 7) is 3.38. The molecule has 0 saturated heterocycles. The SMILES string of the molecule is CC[C@@]1(O)C(=O)OCc2c1cc1n(c2=O)Cc2c-1nc1cc(F)c(C)c3c1c2[C@@H](n1nncc1CCO)CC3. The number of fused-ring (bicyclic) bond motifs is 5. The van der Waals surface area contributed by atoms with Crippen LogP contribution in [0.2, 0.25) is 0 Å². The van der Waals surface area contributed by atoms with Crippen molar-refractivity contribution in [3.63, 3.8) is 0 Å². The molecule has 5 heterocycles. The zero-order valence-electron chi connectivity index (χ0n) is 21.5. The number of esters is 1. The standard InChI is InChI=1S/C28H26FN5O5/c1-3-28(38)18-8-22-25-16(11-33(22)26(36)17(18)12-39-27(28)37)24-21(34-14(6-7-35)10-30-32-34)5-4-15-13(2)19(29)9-20(31-25)23(15)24/h8-10,21,35,38H,3-7,11-12H2,1-2H3/t21-,28-/m0/s1. The third-order valence-corrected chi connectivity index (χ3v) is 8.66. The minimum Gasteiger partial charge on any atom is -0.458 e. The second-order valence-electron chi connectivity index (χ2n) is 10.5. The van der Waals surface area contributed by atoms with E-state index in [-0.39, 0.29) is 54.7 Å². The Hall–Kier alpha value is -3.96. The summed E-state index contributed by atoms with van der Waals surface area (Å²) in [5, 5.41) is 30.1. The lowest BCUT2D eigenvalue weighted by Gasteiger charge is -2.31. The highest BCUT2D eigenvalue weighted by Crippen LogP contribution is 2.47. The Labute approximate surface area is 221 Å². The van der Waals surface area contributed by atoms with Gasteiger partial charge >= 0.3 is 5.97 Å². The van der Waals surface area contributed by atoms with E-state index in [0.717, 1.165) is 27.8 Å². The van der Waals surface area contributed by atoms with Gasteiger partial charge in [0.15, 0.2) is 5.60 Å². The maximum Gasteiger partial charge on any atom is 0.343 e. The number of aryl methyl sites for hydroxylation is 1. The number of halogens is 1. The number of ether oxygens (including phenoxy) is 1. The molecule has 1 aliphatic carbocycles. The molecule has 2 N–H and O–H groups in total. The first-order valence-electron chi connectivity index (χ1n) is 13.1. The Morgan fingerprint density at radius 1 is 1.23 bits per heavy atom. The van der Waals surface area contributed by atoms with Gasteiger partial charge in [-0.25, -0.2) is 18.9 Å². The number of aromatic nitrogens is 5. The molecule has 2 atom stereocenters. The van der Waals surface area contributed by atoms with Gasteiger partial charge in [-0.15, -0.1) is 5.10 Å². The molecule has 0 bridgehead atoms. The van der Waals surface area contributed by atoms with Crippen LogP contribution < -0.4 is 5.56 Å². The maximum atomic E-state index is 15.1. The summed E-state index contributed by atoms with van der Waals surface area (Å²) in [7, 11) is 0. The van der Waals surface area contributed by atoms with Crippen LogP contribution in [-0.4, -0.2) is 47.3 Å². The number of hydrogen-bond donors (Lipinski definition) is 2. The molecule has 0 radical (unpaired) electrons. The largest absolute Gasteiger partial charge is 0.458 e. The average Bonchev–Trinajstić information content (AvgIpc) is 3.54. The van der Waals surface area contributed by atoms with Crippen molar-refractivity contribution in [1.82, 2.24) is 24.5 Å². The van der Waals surface area contributed by atoms with Crippen LogP contribution in [0.3, 0.4) is 0 Å². The quantitative estimate of drug-likeness (QED) is 0.338. The lowest BCUT2D eigenvalue weighted by atomic mass is 9.81. The number of cyclic esters (lactones) is 1. The molecule has 1 aromatic carbocycles. The topological polar surface area (TPSA) is 132 Å². The summed E-state index contributed by atoms with van der Waals surface area (Å²) in [5.74, 6) is -1.13. The first kappa shape index (κ1) is 24.1. The fourth-order valence-corrected chi connectivity index (χ4v) is 6.60. The van der Waals surface area contributed by atoms with Crippen LogP contribution in [0.5, 0.6) is 0 Å². The molecule has 10 nitrogen and oxygen atoms in total. The zero-order chi connectivity index (χ0) is 27.2. The van der Waals surface area contributed by atoms with Crippen molar-refractivity contribution in [2.24, 2.45) is 0 Å². The predicted molar refractivity (Wildman–Crippen MR) is 136 cm³/mol. The number of carbonyl (C=O) groups is 1. The molecule has 0 spiro atoms. The first-order chi connectivity index (χ1) is 18.8. The van der Waals surface area contributed by atoms with Crippen LogP contribution >= 0.6 is 0 Å². The highest BCUT2D eigenvalue weighted by atomic mass is 19.1. The van der Waals surface area contributed by atoms with Gasteiger partial charge < -0.3 is 19.5 Å². The Morgan fingerprint density at radius 2 is 2.05 bits per heavy atom. The molecular weight excluding hydrogens is 505 g/mol. The molecule has 0 fully saturated rings. The van der Waals surface area contributed by atoms with Gasteiger partial charge in [0.05, 0.1) is 46.9 Å². The van der Waals surface area contributed by atoms with E-state index in [0.29, 0.717) is 41.7 Å². The Balaban J connectivity index is 1.54. The fourth-order valence-electron chi connectivity index (χ4n) is 6.60. The number of benzene rings is 1. The third kappa shape index (κ3) is 3.11. The van der Waals surface area contributed by atoms with Crippen LogP contribution in [-0.2, 0) is 41.1 Å². The number of aliphatic hydroxyl groups is 2. The Bertz CT molecular complexity index is 1790. The van der Waals surface area contributed by atoms with Crippen molar-refractivity contribution in [3.8, 4) is 11.4 Å². The number of carbonyl (C=O) groups excluding carboxylic acids is 1. The monoisotopic (exact) mass is 531 g/mol. The van der Waals surface area contributed by atoms with Crippen molar-refractivity contribution < 1.29 is 24.1 Å². The smallest absolute Gasteiger partial charge is 0.343 e. The molecule has 7 rings (SSSR count). The number of hydrogen-bond acceptors (Lipinski definition) is 8. The van der Waals surface area contributed by atoms with Gasteiger partial charge in [-0.1, -0.05) is 12.1 Å². The number of nitrogens with zero attached hydrogens (tertiary/aromatic N) is 5. The maximum absolute atomic E-state index is 15.1. The van der Waals surface area contributed by atoms with E-state index in [1.54, 1.807) is 30.7 Å². The second kappa shape index (κ2) is 8.27. The molecule has 2 aliphatic heterocycles. The van der Waals surface area contributed by atoms with Crippen molar-refractivity contribution in [3.05, 3.63) is 73.6 Å². The molecule has 39 heavy (non-hydrogen) atoms. The van der Waals surface area contributed by atoms with E-state index < -0.39 is 11.6 Å². The van der Waals surface area contributed by atoms with Crippen molar-refractivity contribution in [2.75, 3.05) is 6.61 Å². The van der Waals surface area contributed by atoms with Gasteiger partial charge in [0.25, 0.3) is 5.56 Å². The summed E-state index contributed by atoms with van der Waals surface area (Å²) < 4.78 is 23.7. The third-order valence-electron chi connectivity index (χ3n) is 8.66. The second-order valence-corrected chi connectivity index (χ2v) is 10.5. The van der Waals surface area contributed by atoms with E-state index in [9.17, 15) is 19.8 Å². The van der Waals surface area contributed by atoms with Crippen molar-refractivity contribution in [2.45, 2.75) is 64.3 Å². The fraction of sp³-hybridized carbons (Fsp3) is 0.393. The Kier molecular flexibility index (Phi) is 5.11. The summed E-state index contributed by atoms with van der Waals surface area (Å²) >= 11 is 0. The summed E-state index contributed by atoms with van der Waals surface area (Å²) in [4.78, 5) is 31.2. The molecule has 3 aromatic heterocycles. The van der Waals surface area contributed by atoms with Crippen molar-refractivity contribution >= 4 is 16.9 Å². The summed E-state index contributed by atoms with van der Waals surface area (Å²) in [6.07, 6.45) is 3.30. The van der Waals surface area contributed by atoms with Crippen LogP contribution in [0.25, 0.3) is 22.3 Å². The number of pyridine rings is 2. The molecule has 0 saturated carbocycles. The molecule has 0 amide bonds. The van der Waals surface area contributed by atoms with Gasteiger partial charge in [-0.3, -0.25) is 4.79 Å². The van der Waals surface area contributed by atoms with E-state index in [2.05, 4.69) is 10.3 Å². The minimum absolute atomic E-state index is 0.0425. The minimum atomic E-state index is -1.94. The van der Waals surface area contributed by atoms with Crippen LogP contribution in [0.15, 0.2) is 23.1 Å². The van der Waals surface area contributed by atoms with E-state index in [1.807, 2.05) is 4.68 Å². The van der Waals surface area contributed by atoms with Crippen LogP contribution in [0.1, 0.15) is 64.9 Å². The van der Waals surface area contributed by atoms with Gasteiger partial charge in [0, 0.05) is 35.6 Å². The molecular formula is C28H26FN5O5. The number of aliphatic hydroxyl groups excluding tert-OH is 1. The molecule has 4 aromatic rings. The highest BCUT2D eigenvalue weighted by Gasteiger charge is 2.46. The van der Waals surface area contributed by atoms with Crippen LogP contribution in [0.4, 0.5) is 4.39 Å². The lowest BCUT2D eigenvalue weighted by molar-refractivity contribution is -0.172. The summed E-state index contributed by atoms with van der Waals surface area (Å²) in [6, 6.07) is 2.83. The molecule has 0 unspecified atom stereocenters. The van der Waals surface area contributed by atoms with Gasteiger partial charge in [-0.2, -0.15) is 0 Å². The van der Waals surface area contributed by atoms with E-state index in [1.165, 1.54) is 6.07 Å². The normalized spacial score (nSPS) is 21.1. The van der Waals surface area contributed by atoms with Crippen molar-refractivity contribution in [1.29, 1.82) is 0 Å². The average molecular weight is 532 g/mol. The lowest BCUT2D eigenvalue weighted by Crippen LogP contribution is -2.44. The highest BCUT2D eigenvalue weighted by molar-refractivity contribution is 5.93. The number of rotatable bonds is 4. The van der Waals surface area contributed by atoms with Crippen LogP contribution in [0, 0.1) is 12.7 Å². The predicted octanol–water partition coefficient (Wildman–Crippen LogP) is 2.19.